The van der Waals surface area contributed by atoms with Gasteiger partial charge in [-0.25, -0.2) is 4.98 Å². The van der Waals surface area contributed by atoms with Gasteiger partial charge in [0.05, 0.1) is 4.47 Å². The molecule has 3 rings (SSSR count). The molecule has 98 valence electrons. The van der Waals surface area contributed by atoms with Gasteiger partial charge in [-0.1, -0.05) is 0 Å². The van der Waals surface area contributed by atoms with Gasteiger partial charge in [0.1, 0.15) is 5.82 Å². The molecule has 0 spiro atoms. The molecule has 4 nitrogen and oxygen atoms in total. The molecule has 0 radical (unpaired) electrons. The molecule has 0 aromatic carbocycles. The van der Waals surface area contributed by atoms with Crippen LogP contribution in [0.5, 0.6) is 0 Å². The molecule has 3 heterocycles. The van der Waals surface area contributed by atoms with E-state index in [4.69, 9.17) is 11.6 Å². The first-order chi connectivity index (χ1) is 8.72. The van der Waals surface area contributed by atoms with Crippen LogP contribution in [0, 0.1) is 0 Å². The second kappa shape index (κ2) is 5.31. The van der Waals surface area contributed by atoms with Crippen LogP contribution in [0.25, 0.3) is 0 Å². The molecule has 0 saturated carbocycles. The van der Waals surface area contributed by atoms with Crippen molar-refractivity contribution in [2.75, 3.05) is 18.4 Å². The van der Waals surface area contributed by atoms with E-state index in [0.29, 0.717) is 11.3 Å². The minimum atomic E-state index is 0.291. The molecule has 0 amide bonds. The van der Waals surface area contributed by atoms with E-state index in [2.05, 4.69) is 36.1 Å². The van der Waals surface area contributed by atoms with Crippen LogP contribution in [0.3, 0.4) is 0 Å². The van der Waals surface area contributed by atoms with Crippen molar-refractivity contribution in [1.82, 2.24) is 14.9 Å². The van der Waals surface area contributed by atoms with E-state index in [1.54, 1.807) is 6.20 Å². The lowest BCUT2D eigenvalue weighted by Gasteiger charge is -2.35. The Labute approximate surface area is 120 Å². The fourth-order valence-corrected chi connectivity index (χ4v) is 3.43. The smallest absolute Gasteiger partial charge is 0.224 e. The molecule has 2 aliphatic heterocycles. The summed E-state index contributed by atoms with van der Waals surface area (Å²) >= 11 is 9.29. The molecule has 2 aliphatic rings. The second-order valence-corrected chi connectivity index (χ2v) is 6.23. The van der Waals surface area contributed by atoms with Crippen molar-refractivity contribution >= 4 is 33.3 Å². The SMILES string of the molecule is Clc1ncc(Br)c(NC2CCN3CCCC3C2)n1. The van der Waals surface area contributed by atoms with E-state index in [1.807, 2.05) is 0 Å². The van der Waals surface area contributed by atoms with Crippen molar-refractivity contribution in [2.45, 2.75) is 37.8 Å². The summed E-state index contributed by atoms with van der Waals surface area (Å²) in [5.74, 6) is 0.812. The van der Waals surface area contributed by atoms with Gasteiger partial charge in [0.25, 0.3) is 0 Å². The van der Waals surface area contributed by atoms with Crippen LogP contribution < -0.4 is 5.32 Å². The summed E-state index contributed by atoms with van der Waals surface area (Å²) in [6.45, 7) is 2.47. The van der Waals surface area contributed by atoms with E-state index in [1.165, 1.54) is 38.8 Å². The number of hydrogen-bond donors (Lipinski definition) is 1. The number of fused-ring (bicyclic) bond motifs is 1. The molecular weight excluding hydrogens is 316 g/mol. The lowest BCUT2D eigenvalue weighted by Crippen LogP contribution is -2.42. The van der Waals surface area contributed by atoms with Crippen LogP contribution in [-0.2, 0) is 0 Å². The zero-order valence-corrected chi connectivity index (χ0v) is 12.4. The fourth-order valence-electron chi connectivity index (χ4n) is 3.00. The Balaban J connectivity index is 1.67. The maximum absolute atomic E-state index is 5.83. The predicted molar refractivity (Wildman–Crippen MR) is 76.0 cm³/mol. The van der Waals surface area contributed by atoms with Crippen molar-refractivity contribution in [2.24, 2.45) is 0 Å². The van der Waals surface area contributed by atoms with Crippen molar-refractivity contribution in [3.8, 4) is 0 Å². The number of anilines is 1. The normalized spacial score (nSPS) is 28.1. The van der Waals surface area contributed by atoms with Gasteiger partial charge in [0, 0.05) is 24.8 Å². The summed E-state index contributed by atoms with van der Waals surface area (Å²) in [5.41, 5.74) is 0. The van der Waals surface area contributed by atoms with Gasteiger partial charge in [-0.3, -0.25) is 0 Å². The van der Waals surface area contributed by atoms with Crippen LogP contribution >= 0.6 is 27.5 Å². The lowest BCUT2D eigenvalue weighted by molar-refractivity contribution is 0.188. The van der Waals surface area contributed by atoms with Gasteiger partial charge in [0.2, 0.25) is 5.28 Å². The third-order valence-corrected chi connectivity index (χ3v) is 4.64. The van der Waals surface area contributed by atoms with Crippen molar-refractivity contribution < 1.29 is 0 Å². The summed E-state index contributed by atoms with van der Waals surface area (Å²) in [6, 6.07) is 1.25. The number of rotatable bonds is 2. The standard InChI is InChI=1S/C12H16BrClN4/c13-10-7-15-12(14)17-11(10)16-8-3-5-18-4-1-2-9(18)6-8/h7-9H,1-6H2,(H,15,16,17). The van der Waals surface area contributed by atoms with Crippen LogP contribution in [0.4, 0.5) is 5.82 Å². The molecular formula is C12H16BrClN4. The molecule has 1 N–H and O–H groups in total. The highest BCUT2D eigenvalue weighted by Crippen LogP contribution is 2.29. The molecule has 2 saturated heterocycles. The van der Waals surface area contributed by atoms with Crippen LogP contribution in [0.1, 0.15) is 25.7 Å². The number of hydrogen-bond acceptors (Lipinski definition) is 4. The number of aromatic nitrogens is 2. The van der Waals surface area contributed by atoms with Gasteiger partial charge >= 0.3 is 0 Å². The average Bonchev–Trinajstić information content (AvgIpc) is 2.81. The molecule has 18 heavy (non-hydrogen) atoms. The Morgan fingerprint density at radius 2 is 2.28 bits per heavy atom. The van der Waals surface area contributed by atoms with Crippen molar-refractivity contribution in [3.63, 3.8) is 0 Å². The fraction of sp³-hybridized carbons (Fsp3) is 0.667. The molecule has 6 heteroatoms. The van der Waals surface area contributed by atoms with Gasteiger partial charge in [-0.15, -0.1) is 0 Å². The number of nitrogens with one attached hydrogen (secondary N) is 1. The first-order valence-corrected chi connectivity index (χ1v) is 7.58. The Morgan fingerprint density at radius 3 is 3.17 bits per heavy atom. The van der Waals surface area contributed by atoms with Gasteiger partial charge in [-0.2, -0.15) is 4.98 Å². The number of piperidine rings is 1. The van der Waals surface area contributed by atoms with E-state index in [9.17, 15) is 0 Å². The third-order valence-electron chi connectivity index (χ3n) is 3.88. The first-order valence-electron chi connectivity index (χ1n) is 6.41. The summed E-state index contributed by atoms with van der Waals surface area (Å²) in [5, 5.41) is 3.78. The predicted octanol–water partition coefficient (Wildman–Crippen LogP) is 2.93. The Hall–Kier alpha value is -0.390. The zero-order chi connectivity index (χ0) is 12.5. The number of nitrogens with zero attached hydrogens (tertiary/aromatic N) is 3. The second-order valence-electron chi connectivity index (χ2n) is 5.03. The summed E-state index contributed by atoms with van der Waals surface area (Å²) in [6.07, 6.45) is 6.76. The van der Waals surface area contributed by atoms with Gasteiger partial charge in [0.15, 0.2) is 0 Å². The quantitative estimate of drug-likeness (QED) is 0.846. The number of halogens is 2. The molecule has 0 aliphatic carbocycles. The van der Waals surface area contributed by atoms with E-state index < -0.39 is 0 Å². The third kappa shape index (κ3) is 2.63. The maximum Gasteiger partial charge on any atom is 0.224 e. The summed E-state index contributed by atoms with van der Waals surface area (Å²) < 4.78 is 0.876. The van der Waals surface area contributed by atoms with Gasteiger partial charge in [-0.05, 0) is 59.8 Å². The summed E-state index contributed by atoms with van der Waals surface area (Å²) in [4.78, 5) is 10.8. The highest BCUT2D eigenvalue weighted by Gasteiger charge is 2.31. The first kappa shape index (κ1) is 12.6. The van der Waals surface area contributed by atoms with Crippen molar-refractivity contribution in [3.05, 3.63) is 16.0 Å². The molecule has 2 unspecified atom stereocenters. The Kier molecular flexibility index (Phi) is 3.73. The molecule has 2 fully saturated rings. The molecule has 2 atom stereocenters. The van der Waals surface area contributed by atoms with E-state index in [0.717, 1.165) is 16.3 Å². The van der Waals surface area contributed by atoms with Gasteiger partial charge < -0.3 is 10.2 Å². The molecule has 0 bridgehead atoms. The monoisotopic (exact) mass is 330 g/mol. The van der Waals surface area contributed by atoms with Crippen LogP contribution in [-0.4, -0.2) is 40.0 Å². The minimum absolute atomic E-state index is 0.291. The van der Waals surface area contributed by atoms with Crippen molar-refractivity contribution in [1.29, 1.82) is 0 Å². The highest BCUT2D eigenvalue weighted by atomic mass is 79.9. The highest BCUT2D eigenvalue weighted by molar-refractivity contribution is 9.10. The molecule has 1 aromatic heterocycles. The largest absolute Gasteiger partial charge is 0.366 e. The topological polar surface area (TPSA) is 41.1 Å². The summed E-state index contributed by atoms with van der Waals surface area (Å²) in [7, 11) is 0. The Bertz CT molecular complexity index is 442. The van der Waals surface area contributed by atoms with Crippen LogP contribution in [0.15, 0.2) is 10.7 Å². The average molecular weight is 332 g/mol. The minimum Gasteiger partial charge on any atom is -0.366 e. The zero-order valence-electron chi connectivity index (χ0n) is 10.1. The van der Waals surface area contributed by atoms with Crippen LogP contribution in [0.2, 0.25) is 5.28 Å². The van der Waals surface area contributed by atoms with E-state index >= 15 is 0 Å². The maximum atomic E-state index is 5.83. The lowest BCUT2D eigenvalue weighted by atomic mass is 9.98. The Morgan fingerprint density at radius 1 is 1.39 bits per heavy atom. The molecule has 1 aromatic rings. The van der Waals surface area contributed by atoms with E-state index in [-0.39, 0.29) is 0 Å².